The number of nitrogens with zero attached hydrogens (tertiary/aromatic N) is 3. The van der Waals surface area contributed by atoms with Gasteiger partial charge in [0, 0.05) is 22.6 Å². The van der Waals surface area contributed by atoms with Crippen molar-refractivity contribution in [1.82, 2.24) is 9.55 Å². The molecule has 28 heavy (non-hydrogen) atoms. The molecule has 0 N–H and O–H groups in total. The Bertz CT molecular complexity index is 1120. The summed E-state index contributed by atoms with van der Waals surface area (Å²) in [6.45, 7) is 3.95. The second kappa shape index (κ2) is 7.30. The first-order valence-electron chi connectivity index (χ1n) is 8.59. The maximum Gasteiger partial charge on any atom is 0.298 e. The molecule has 0 bridgehead atoms. The minimum atomic E-state index is -0.347. The fourth-order valence-electron chi connectivity index (χ4n) is 3.22. The number of hydrogen-bond acceptors (Lipinski definition) is 4. The molecule has 140 valence electrons. The molecule has 3 aromatic rings. The van der Waals surface area contributed by atoms with Gasteiger partial charge in [-0.3, -0.25) is 9.59 Å². The predicted molar refractivity (Wildman–Crippen MR) is 113 cm³/mol. The Morgan fingerprint density at radius 1 is 1.07 bits per heavy atom. The van der Waals surface area contributed by atoms with Crippen LogP contribution in [0.2, 0.25) is 5.02 Å². The van der Waals surface area contributed by atoms with Crippen LogP contribution in [0.25, 0.3) is 11.9 Å². The highest BCUT2D eigenvalue weighted by molar-refractivity contribution is 8.19. The van der Waals surface area contributed by atoms with Crippen LogP contribution in [0.1, 0.15) is 17.0 Å². The van der Waals surface area contributed by atoms with Crippen LogP contribution >= 0.6 is 23.4 Å². The Balaban J connectivity index is 1.71. The van der Waals surface area contributed by atoms with Gasteiger partial charge in [0.25, 0.3) is 11.1 Å². The summed E-state index contributed by atoms with van der Waals surface area (Å²) in [5.41, 5.74) is 3.29. The lowest BCUT2D eigenvalue weighted by atomic mass is 10.2. The number of halogens is 1. The highest BCUT2D eigenvalue weighted by Crippen LogP contribution is 2.37. The average Bonchev–Trinajstić information content (AvgIpc) is 3.11. The number of carbonyl (C=O) groups excluding carboxylic acids is 2. The SMILES string of the molecule is Cc1cc(/C=C2/SC(=O)N(c3cccc(Cl)c3)C2=O)c(C)n1-c1ccccn1. The molecule has 0 atom stereocenters. The van der Waals surface area contributed by atoms with Gasteiger partial charge in [-0.1, -0.05) is 23.7 Å². The van der Waals surface area contributed by atoms with E-state index in [0.717, 1.165) is 39.4 Å². The summed E-state index contributed by atoms with van der Waals surface area (Å²) >= 11 is 6.93. The summed E-state index contributed by atoms with van der Waals surface area (Å²) in [6.07, 6.45) is 3.50. The van der Waals surface area contributed by atoms with Gasteiger partial charge in [-0.05, 0) is 73.6 Å². The number of pyridine rings is 1. The summed E-state index contributed by atoms with van der Waals surface area (Å²) in [6, 6.07) is 14.4. The molecule has 2 aromatic heterocycles. The Labute approximate surface area is 171 Å². The monoisotopic (exact) mass is 409 g/mol. The summed E-state index contributed by atoms with van der Waals surface area (Å²) in [4.78, 5) is 31.2. The summed E-state index contributed by atoms with van der Waals surface area (Å²) < 4.78 is 2.02. The van der Waals surface area contributed by atoms with Crippen molar-refractivity contribution in [1.29, 1.82) is 0 Å². The minimum Gasteiger partial charge on any atom is -0.303 e. The number of aryl methyl sites for hydroxylation is 1. The minimum absolute atomic E-state index is 0.336. The zero-order valence-corrected chi connectivity index (χ0v) is 16.8. The number of amides is 2. The quantitative estimate of drug-likeness (QED) is 0.544. The zero-order chi connectivity index (χ0) is 19.8. The number of benzene rings is 1. The highest BCUT2D eigenvalue weighted by atomic mass is 35.5. The number of imide groups is 1. The van der Waals surface area contributed by atoms with Gasteiger partial charge >= 0.3 is 0 Å². The first-order valence-corrected chi connectivity index (χ1v) is 9.79. The smallest absolute Gasteiger partial charge is 0.298 e. The van der Waals surface area contributed by atoms with Gasteiger partial charge in [0.15, 0.2) is 0 Å². The third-order valence-corrected chi connectivity index (χ3v) is 5.60. The second-order valence-corrected chi connectivity index (χ2v) is 7.78. The van der Waals surface area contributed by atoms with Crippen molar-refractivity contribution in [2.45, 2.75) is 13.8 Å². The predicted octanol–water partition coefficient (Wildman–Crippen LogP) is 5.38. The largest absolute Gasteiger partial charge is 0.303 e. The lowest BCUT2D eigenvalue weighted by molar-refractivity contribution is -0.113. The van der Waals surface area contributed by atoms with Crippen molar-refractivity contribution in [3.8, 4) is 5.82 Å². The van der Waals surface area contributed by atoms with E-state index < -0.39 is 0 Å². The van der Waals surface area contributed by atoms with Gasteiger partial charge in [-0.25, -0.2) is 9.88 Å². The molecule has 4 rings (SSSR count). The van der Waals surface area contributed by atoms with E-state index in [4.69, 9.17) is 11.6 Å². The van der Waals surface area contributed by atoms with Crippen LogP contribution < -0.4 is 4.90 Å². The topological polar surface area (TPSA) is 55.2 Å². The fraction of sp³-hybridized carbons (Fsp3) is 0.0952. The molecule has 3 heterocycles. The third-order valence-electron chi connectivity index (χ3n) is 4.50. The van der Waals surface area contributed by atoms with Gasteiger partial charge in [0.05, 0.1) is 10.6 Å². The Hall–Kier alpha value is -2.83. The number of hydrogen-bond donors (Lipinski definition) is 0. The maximum absolute atomic E-state index is 12.9. The van der Waals surface area contributed by atoms with Crippen LogP contribution in [0.4, 0.5) is 10.5 Å². The first-order chi connectivity index (χ1) is 13.5. The van der Waals surface area contributed by atoms with Crippen LogP contribution in [0.5, 0.6) is 0 Å². The van der Waals surface area contributed by atoms with E-state index in [9.17, 15) is 9.59 Å². The molecule has 0 spiro atoms. The second-order valence-electron chi connectivity index (χ2n) is 6.35. The van der Waals surface area contributed by atoms with E-state index in [2.05, 4.69) is 4.98 Å². The highest BCUT2D eigenvalue weighted by Gasteiger charge is 2.36. The van der Waals surface area contributed by atoms with Crippen molar-refractivity contribution in [2.75, 3.05) is 4.90 Å². The molecule has 0 saturated carbocycles. The molecule has 0 unspecified atom stereocenters. The van der Waals surface area contributed by atoms with Gasteiger partial charge < -0.3 is 4.57 Å². The summed E-state index contributed by atoms with van der Waals surface area (Å²) in [5, 5.41) is 0.136. The fourth-order valence-corrected chi connectivity index (χ4v) is 4.24. The van der Waals surface area contributed by atoms with Crippen LogP contribution in [0.3, 0.4) is 0 Å². The average molecular weight is 410 g/mol. The van der Waals surface area contributed by atoms with Crippen molar-refractivity contribution in [3.63, 3.8) is 0 Å². The van der Waals surface area contributed by atoms with Gasteiger partial charge in [-0.15, -0.1) is 0 Å². The number of thioether (sulfide) groups is 1. The van der Waals surface area contributed by atoms with E-state index in [1.165, 1.54) is 0 Å². The molecule has 1 fully saturated rings. The Morgan fingerprint density at radius 3 is 2.61 bits per heavy atom. The maximum atomic E-state index is 12.9. The van der Waals surface area contributed by atoms with E-state index >= 15 is 0 Å². The molecule has 1 aliphatic heterocycles. The molecule has 1 aromatic carbocycles. The molecule has 1 aliphatic rings. The van der Waals surface area contributed by atoms with Gasteiger partial charge in [-0.2, -0.15) is 0 Å². The first kappa shape index (κ1) is 18.5. The lowest BCUT2D eigenvalue weighted by Gasteiger charge is -2.12. The van der Waals surface area contributed by atoms with E-state index in [0.29, 0.717) is 15.6 Å². The molecule has 1 saturated heterocycles. The summed E-state index contributed by atoms with van der Waals surface area (Å²) in [7, 11) is 0. The summed E-state index contributed by atoms with van der Waals surface area (Å²) in [5.74, 6) is 0.462. The molecule has 5 nitrogen and oxygen atoms in total. The molecule has 7 heteroatoms. The van der Waals surface area contributed by atoms with Crippen molar-refractivity contribution in [3.05, 3.63) is 81.6 Å². The van der Waals surface area contributed by atoms with Crippen molar-refractivity contribution < 1.29 is 9.59 Å². The molecular formula is C21H16ClN3O2S. The van der Waals surface area contributed by atoms with Crippen LogP contribution in [-0.4, -0.2) is 20.7 Å². The van der Waals surface area contributed by atoms with Crippen LogP contribution in [0.15, 0.2) is 59.6 Å². The van der Waals surface area contributed by atoms with E-state index in [1.807, 2.05) is 42.7 Å². The molecule has 0 radical (unpaired) electrons. The van der Waals surface area contributed by atoms with Gasteiger partial charge in [0.2, 0.25) is 0 Å². The standard InChI is InChI=1S/C21H16ClN3O2S/c1-13-10-15(14(2)24(13)19-8-3-4-9-23-19)11-18-20(26)25(21(27)28-18)17-7-5-6-16(22)12-17/h3-12H,1-2H3/b18-11+. The van der Waals surface area contributed by atoms with Crippen molar-refractivity contribution in [2.24, 2.45) is 0 Å². The van der Waals surface area contributed by atoms with Crippen LogP contribution in [0, 0.1) is 13.8 Å². The van der Waals surface area contributed by atoms with Crippen LogP contribution in [-0.2, 0) is 4.79 Å². The van der Waals surface area contributed by atoms with E-state index in [-0.39, 0.29) is 11.1 Å². The molecular weight excluding hydrogens is 394 g/mol. The normalized spacial score (nSPS) is 15.7. The Kier molecular flexibility index (Phi) is 4.83. The van der Waals surface area contributed by atoms with Gasteiger partial charge in [0.1, 0.15) is 5.82 Å². The van der Waals surface area contributed by atoms with Crippen molar-refractivity contribution >= 4 is 46.3 Å². The number of anilines is 1. The molecule has 2 amide bonds. The third kappa shape index (κ3) is 3.25. The number of rotatable bonds is 3. The Morgan fingerprint density at radius 2 is 1.89 bits per heavy atom. The zero-order valence-electron chi connectivity index (χ0n) is 15.2. The number of carbonyl (C=O) groups is 2. The molecule has 0 aliphatic carbocycles. The number of aromatic nitrogens is 2. The van der Waals surface area contributed by atoms with E-state index in [1.54, 1.807) is 36.5 Å². The lowest BCUT2D eigenvalue weighted by Crippen LogP contribution is -2.27.